The van der Waals surface area contributed by atoms with Crippen molar-refractivity contribution in [2.24, 2.45) is 0 Å². The number of thiophene rings is 1. The van der Waals surface area contributed by atoms with Gasteiger partial charge >= 0.3 is 0 Å². The van der Waals surface area contributed by atoms with E-state index in [1.54, 1.807) is 0 Å². The number of aryl methyl sites for hydroxylation is 1. The lowest BCUT2D eigenvalue weighted by Crippen LogP contribution is -2.49. The van der Waals surface area contributed by atoms with Crippen LogP contribution in [-0.2, 0) is 21.4 Å². The van der Waals surface area contributed by atoms with Gasteiger partial charge in [-0.15, -0.1) is 11.3 Å². The first-order valence-corrected chi connectivity index (χ1v) is 17.1. The van der Waals surface area contributed by atoms with E-state index in [1.807, 2.05) is 11.0 Å². The number of nitrogen functional groups attached to an aromatic ring is 1. The number of piperidine rings is 1. The van der Waals surface area contributed by atoms with E-state index in [0.29, 0.717) is 60.2 Å². The Morgan fingerprint density at radius 3 is 2.59 bits per heavy atom. The van der Waals surface area contributed by atoms with E-state index in [9.17, 15) is 10.1 Å². The molecule has 1 unspecified atom stereocenters. The topological polar surface area (TPSA) is 141 Å². The van der Waals surface area contributed by atoms with Gasteiger partial charge in [0.15, 0.2) is 0 Å². The Labute approximate surface area is 273 Å². The highest BCUT2D eigenvalue weighted by Gasteiger charge is 2.43. The van der Waals surface area contributed by atoms with Crippen molar-refractivity contribution in [1.82, 2.24) is 24.9 Å². The summed E-state index contributed by atoms with van der Waals surface area (Å²) in [5.74, 6) is 1.77. The average Bonchev–Trinajstić information content (AvgIpc) is 3.74. The number of morpholine rings is 1. The van der Waals surface area contributed by atoms with E-state index in [1.165, 1.54) is 17.4 Å². The van der Waals surface area contributed by atoms with Crippen molar-refractivity contribution in [1.29, 1.82) is 5.26 Å². The van der Waals surface area contributed by atoms with Gasteiger partial charge in [-0.3, -0.25) is 9.69 Å². The van der Waals surface area contributed by atoms with E-state index in [0.717, 1.165) is 93.4 Å². The number of anilines is 3. The van der Waals surface area contributed by atoms with E-state index in [2.05, 4.69) is 45.5 Å². The molecule has 0 saturated carbocycles. The van der Waals surface area contributed by atoms with Crippen LogP contribution in [0.4, 0.5) is 16.5 Å². The molecule has 0 aromatic carbocycles. The molecule has 3 aromatic heterocycles. The van der Waals surface area contributed by atoms with Gasteiger partial charge in [-0.25, -0.2) is 4.98 Å². The third kappa shape index (κ3) is 5.63. The van der Waals surface area contributed by atoms with Gasteiger partial charge in [0.2, 0.25) is 17.6 Å². The number of ether oxygens (including phenoxy) is 1. The lowest BCUT2D eigenvalue weighted by atomic mass is 9.72. The summed E-state index contributed by atoms with van der Waals surface area (Å²) in [7, 11) is 0. The zero-order chi connectivity index (χ0) is 31.8. The molecule has 12 nitrogen and oxygen atoms in total. The minimum absolute atomic E-state index is 0.0375. The Bertz CT molecular complexity index is 1640. The Morgan fingerprint density at radius 2 is 1.87 bits per heavy atom. The van der Waals surface area contributed by atoms with Crippen molar-refractivity contribution in [3.05, 3.63) is 46.7 Å². The summed E-state index contributed by atoms with van der Waals surface area (Å²) in [6, 6.07) is 7.07. The van der Waals surface area contributed by atoms with Crippen molar-refractivity contribution in [3.8, 4) is 17.6 Å². The molecule has 3 aromatic rings. The second kappa shape index (κ2) is 12.7. The maximum Gasteiger partial charge on any atom is 0.246 e. The van der Waals surface area contributed by atoms with Crippen molar-refractivity contribution in [2.75, 3.05) is 81.1 Å². The van der Waals surface area contributed by atoms with Crippen LogP contribution in [0.1, 0.15) is 54.5 Å². The summed E-state index contributed by atoms with van der Waals surface area (Å²) in [5.41, 5.74) is 8.78. The lowest BCUT2D eigenvalue weighted by Gasteiger charge is -2.41. The van der Waals surface area contributed by atoms with Crippen molar-refractivity contribution < 1.29 is 14.1 Å². The Kier molecular flexibility index (Phi) is 8.44. The largest absolute Gasteiger partial charge is 0.389 e. The molecule has 0 radical (unpaired) electrons. The minimum Gasteiger partial charge on any atom is -0.389 e. The predicted molar refractivity (Wildman–Crippen MR) is 177 cm³/mol. The molecule has 242 valence electrons. The van der Waals surface area contributed by atoms with Crippen LogP contribution in [0.15, 0.2) is 29.3 Å². The number of pyridine rings is 1. The lowest BCUT2D eigenvalue weighted by molar-refractivity contribution is -0.126. The highest BCUT2D eigenvalue weighted by Crippen LogP contribution is 2.48. The average molecular weight is 644 g/mol. The Morgan fingerprint density at radius 1 is 1.11 bits per heavy atom. The third-order valence-electron chi connectivity index (χ3n) is 10.2. The van der Waals surface area contributed by atoms with Crippen LogP contribution < -0.4 is 15.5 Å². The van der Waals surface area contributed by atoms with Gasteiger partial charge < -0.3 is 29.7 Å². The summed E-state index contributed by atoms with van der Waals surface area (Å²) in [5, 5.41) is 14.9. The molecule has 7 rings (SSSR count). The fraction of sp³-hybridized carbons (Fsp3) is 0.545. The van der Waals surface area contributed by atoms with Gasteiger partial charge in [0, 0.05) is 80.6 Å². The standard InChI is InChI=1S/C33H41N9O3S/c1-3-28(43)42-13-11-39(12-14-42)23-19-25(36-27(20-23)41-9-6-22(7-10-41)40-15-17-44-18-16-40)31-37-32(45-38-31)33(2)8-4-5-26-29(33)24(21-34)30(35)46-26/h3,19-20,22H,1,4-18,35H2,2H3. The van der Waals surface area contributed by atoms with Crippen LogP contribution in [0.5, 0.6) is 0 Å². The molecular weight excluding hydrogens is 602 g/mol. The fourth-order valence-electron chi connectivity index (χ4n) is 7.54. The van der Waals surface area contributed by atoms with Crippen LogP contribution in [0.25, 0.3) is 11.5 Å². The zero-order valence-corrected chi connectivity index (χ0v) is 27.2. The number of aromatic nitrogens is 3. The van der Waals surface area contributed by atoms with Crippen molar-refractivity contribution >= 4 is 33.8 Å². The van der Waals surface area contributed by atoms with Gasteiger partial charge in [-0.1, -0.05) is 11.7 Å². The molecule has 0 spiro atoms. The summed E-state index contributed by atoms with van der Waals surface area (Å²) < 4.78 is 11.6. The molecule has 46 heavy (non-hydrogen) atoms. The summed E-state index contributed by atoms with van der Waals surface area (Å²) in [4.78, 5) is 32.5. The molecule has 3 fully saturated rings. The SMILES string of the molecule is C=CC(=O)N1CCN(c2cc(-c3noc(C4(C)CCCc5sc(N)c(C#N)c54)n3)nc(N3CCC(N4CCOCC4)CC3)c2)CC1. The zero-order valence-electron chi connectivity index (χ0n) is 26.4. The summed E-state index contributed by atoms with van der Waals surface area (Å²) in [6.45, 7) is 13.8. The number of hydrogen-bond donors (Lipinski definition) is 1. The molecule has 13 heteroatoms. The summed E-state index contributed by atoms with van der Waals surface area (Å²) in [6.07, 6.45) is 6.15. The van der Waals surface area contributed by atoms with Crippen LogP contribution in [-0.4, -0.2) is 102 Å². The normalized spacial score (nSPS) is 22.8. The van der Waals surface area contributed by atoms with Gasteiger partial charge in [-0.05, 0) is 51.2 Å². The number of carbonyl (C=O) groups excluding carboxylic acids is 1. The van der Waals surface area contributed by atoms with Gasteiger partial charge in [0.1, 0.15) is 22.6 Å². The second-order valence-corrected chi connectivity index (χ2v) is 13.9. The quantitative estimate of drug-likeness (QED) is 0.395. The molecule has 2 N–H and O–H groups in total. The smallest absolute Gasteiger partial charge is 0.246 e. The fourth-order valence-corrected chi connectivity index (χ4v) is 8.73. The number of hydrogen-bond acceptors (Lipinski definition) is 12. The Hall–Kier alpha value is -3.99. The van der Waals surface area contributed by atoms with Crippen LogP contribution in [0.2, 0.25) is 0 Å². The molecule has 4 aliphatic rings. The molecule has 3 aliphatic heterocycles. The number of nitrogens with zero attached hydrogens (tertiary/aromatic N) is 8. The first-order chi connectivity index (χ1) is 22.4. The predicted octanol–water partition coefficient (Wildman–Crippen LogP) is 3.42. The first-order valence-electron chi connectivity index (χ1n) is 16.3. The number of rotatable bonds is 6. The maximum atomic E-state index is 12.2. The van der Waals surface area contributed by atoms with Gasteiger partial charge in [-0.2, -0.15) is 10.2 Å². The molecule has 3 saturated heterocycles. The van der Waals surface area contributed by atoms with Gasteiger partial charge in [0.05, 0.1) is 24.2 Å². The van der Waals surface area contributed by atoms with Crippen molar-refractivity contribution in [3.63, 3.8) is 0 Å². The molecule has 1 amide bonds. The molecule has 6 heterocycles. The van der Waals surface area contributed by atoms with E-state index in [-0.39, 0.29) is 5.91 Å². The number of amides is 1. The third-order valence-corrected chi connectivity index (χ3v) is 11.2. The van der Waals surface area contributed by atoms with Crippen LogP contribution in [0.3, 0.4) is 0 Å². The molecule has 0 bridgehead atoms. The highest BCUT2D eigenvalue weighted by molar-refractivity contribution is 7.16. The molecule has 1 atom stereocenters. The highest BCUT2D eigenvalue weighted by atomic mass is 32.1. The van der Waals surface area contributed by atoms with Crippen molar-refractivity contribution in [2.45, 2.75) is 50.5 Å². The molecule has 1 aliphatic carbocycles. The Balaban J connectivity index is 1.19. The van der Waals surface area contributed by atoms with Crippen LogP contribution in [0, 0.1) is 11.3 Å². The second-order valence-electron chi connectivity index (χ2n) is 12.8. The number of piperazine rings is 1. The van der Waals surface area contributed by atoms with E-state index in [4.69, 9.17) is 25.0 Å². The van der Waals surface area contributed by atoms with Crippen LogP contribution >= 0.6 is 11.3 Å². The number of nitrogens with two attached hydrogens (primary N) is 1. The van der Waals surface area contributed by atoms with E-state index < -0.39 is 5.41 Å². The molecular formula is C33H41N9O3S. The monoisotopic (exact) mass is 643 g/mol. The summed E-state index contributed by atoms with van der Waals surface area (Å²) >= 11 is 1.49. The number of carbonyl (C=O) groups is 1. The van der Waals surface area contributed by atoms with Gasteiger partial charge in [0.25, 0.3) is 0 Å². The minimum atomic E-state index is -0.603. The number of nitriles is 1. The van der Waals surface area contributed by atoms with E-state index >= 15 is 0 Å². The number of fused-ring (bicyclic) bond motifs is 1. The first kappa shape index (κ1) is 30.7. The maximum absolute atomic E-state index is 12.2.